The lowest BCUT2D eigenvalue weighted by molar-refractivity contribution is 0.151. The van der Waals surface area contributed by atoms with Gasteiger partial charge in [-0.1, -0.05) is 12.1 Å². The van der Waals surface area contributed by atoms with Crippen LogP contribution in [0.25, 0.3) is 0 Å². The Morgan fingerprint density at radius 1 is 1.32 bits per heavy atom. The van der Waals surface area contributed by atoms with Crippen LogP contribution in [0.2, 0.25) is 0 Å². The highest BCUT2D eigenvalue weighted by Gasteiger charge is 2.38. The molecule has 0 spiro atoms. The highest BCUT2D eigenvalue weighted by Crippen LogP contribution is 2.33. The number of rotatable bonds is 6. The molecule has 1 saturated heterocycles. The summed E-state index contributed by atoms with van der Waals surface area (Å²) in [6.45, 7) is 5.57. The van der Waals surface area contributed by atoms with Crippen LogP contribution in [0.3, 0.4) is 0 Å². The third-order valence-corrected chi connectivity index (χ3v) is 4.99. The summed E-state index contributed by atoms with van der Waals surface area (Å²) < 4.78 is 12.9. The van der Waals surface area contributed by atoms with E-state index >= 15 is 0 Å². The van der Waals surface area contributed by atoms with E-state index in [-0.39, 0.29) is 11.9 Å². The Morgan fingerprint density at radius 3 is 2.64 bits per heavy atom. The summed E-state index contributed by atoms with van der Waals surface area (Å²) in [6, 6.07) is 8.40. The molecule has 122 valence electrons. The van der Waals surface area contributed by atoms with Crippen molar-refractivity contribution >= 4 is 0 Å². The average molecular weight is 306 g/mol. The van der Waals surface area contributed by atoms with Gasteiger partial charge in [-0.25, -0.2) is 4.39 Å². The van der Waals surface area contributed by atoms with Crippen LogP contribution in [0.5, 0.6) is 0 Å². The van der Waals surface area contributed by atoms with Crippen LogP contribution in [0.4, 0.5) is 4.39 Å². The Morgan fingerprint density at radius 2 is 2.00 bits per heavy atom. The zero-order valence-electron chi connectivity index (χ0n) is 13.5. The van der Waals surface area contributed by atoms with Gasteiger partial charge in [-0.3, -0.25) is 4.90 Å². The predicted molar refractivity (Wildman–Crippen MR) is 86.2 cm³/mol. The molecule has 1 aromatic rings. The van der Waals surface area contributed by atoms with E-state index in [1.165, 1.54) is 31.4 Å². The molecule has 1 aliphatic heterocycles. The van der Waals surface area contributed by atoms with Gasteiger partial charge in [0, 0.05) is 30.7 Å². The maximum Gasteiger partial charge on any atom is 0.123 e. The quantitative estimate of drug-likeness (QED) is 0.848. The smallest absolute Gasteiger partial charge is 0.123 e. The summed E-state index contributed by atoms with van der Waals surface area (Å²) in [6.07, 6.45) is 4.01. The van der Waals surface area contributed by atoms with E-state index in [0.29, 0.717) is 18.5 Å². The van der Waals surface area contributed by atoms with Crippen molar-refractivity contribution in [2.24, 2.45) is 0 Å². The van der Waals surface area contributed by atoms with Crippen LogP contribution in [-0.4, -0.2) is 40.7 Å². The number of likely N-dealkylation sites (tertiary alicyclic amines) is 1. The fourth-order valence-corrected chi connectivity index (χ4v) is 3.72. The van der Waals surface area contributed by atoms with E-state index in [9.17, 15) is 9.50 Å². The number of nitrogens with one attached hydrogen (secondary N) is 1. The zero-order valence-corrected chi connectivity index (χ0v) is 13.5. The third kappa shape index (κ3) is 3.86. The first-order valence-corrected chi connectivity index (χ1v) is 8.48. The fraction of sp³-hybridized carbons (Fsp3) is 0.667. The highest BCUT2D eigenvalue weighted by atomic mass is 19.1. The molecule has 1 saturated carbocycles. The molecular weight excluding hydrogens is 279 g/mol. The van der Waals surface area contributed by atoms with E-state index in [0.717, 1.165) is 18.2 Å². The summed E-state index contributed by atoms with van der Waals surface area (Å²) >= 11 is 0. The molecule has 2 N–H and O–H groups in total. The zero-order chi connectivity index (χ0) is 15.7. The van der Waals surface area contributed by atoms with E-state index in [1.54, 1.807) is 12.1 Å². The van der Waals surface area contributed by atoms with Gasteiger partial charge in [-0.05, 0) is 57.2 Å². The molecule has 4 unspecified atom stereocenters. The average Bonchev–Trinajstić information content (AvgIpc) is 3.24. The van der Waals surface area contributed by atoms with Gasteiger partial charge < -0.3 is 10.4 Å². The normalized spacial score (nSPS) is 28.7. The van der Waals surface area contributed by atoms with Crippen molar-refractivity contribution in [2.45, 2.75) is 69.8 Å². The number of hydrogen-bond acceptors (Lipinski definition) is 3. The van der Waals surface area contributed by atoms with Gasteiger partial charge in [0.15, 0.2) is 0 Å². The van der Waals surface area contributed by atoms with Crippen LogP contribution < -0.4 is 5.32 Å². The highest BCUT2D eigenvalue weighted by molar-refractivity contribution is 5.18. The molecule has 3 rings (SSSR count). The van der Waals surface area contributed by atoms with Crippen LogP contribution >= 0.6 is 0 Å². The van der Waals surface area contributed by atoms with E-state index in [4.69, 9.17) is 0 Å². The lowest BCUT2D eigenvalue weighted by Gasteiger charge is -2.23. The largest absolute Gasteiger partial charge is 0.388 e. The monoisotopic (exact) mass is 306 g/mol. The van der Waals surface area contributed by atoms with Crippen LogP contribution in [0, 0.1) is 5.82 Å². The van der Waals surface area contributed by atoms with Crippen molar-refractivity contribution in [2.75, 3.05) is 6.54 Å². The number of aliphatic hydroxyl groups is 1. The van der Waals surface area contributed by atoms with Crippen molar-refractivity contribution in [3.8, 4) is 0 Å². The molecule has 4 heteroatoms. The minimum Gasteiger partial charge on any atom is -0.388 e. The molecule has 2 aliphatic rings. The number of nitrogens with zero attached hydrogens (tertiary/aromatic N) is 1. The van der Waals surface area contributed by atoms with Crippen LogP contribution in [-0.2, 0) is 0 Å². The molecule has 2 fully saturated rings. The molecular formula is C18H27FN2O. The van der Waals surface area contributed by atoms with Crippen molar-refractivity contribution < 1.29 is 9.50 Å². The maximum absolute atomic E-state index is 12.9. The van der Waals surface area contributed by atoms with Crippen LogP contribution in [0.15, 0.2) is 24.3 Å². The second-order valence-electron chi connectivity index (χ2n) is 7.08. The lowest BCUT2D eigenvalue weighted by Crippen LogP contribution is -2.39. The predicted octanol–water partition coefficient (Wildman–Crippen LogP) is 2.85. The molecule has 3 nitrogen and oxygen atoms in total. The van der Waals surface area contributed by atoms with Gasteiger partial charge >= 0.3 is 0 Å². The van der Waals surface area contributed by atoms with Crippen molar-refractivity contribution in [1.29, 1.82) is 0 Å². The molecule has 0 radical (unpaired) electrons. The summed E-state index contributed by atoms with van der Waals surface area (Å²) in [5.41, 5.74) is 0.787. The summed E-state index contributed by atoms with van der Waals surface area (Å²) in [7, 11) is 0. The molecule has 0 aromatic heterocycles. The van der Waals surface area contributed by atoms with Gasteiger partial charge in [0.1, 0.15) is 5.82 Å². The summed E-state index contributed by atoms with van der Waals surface area (Å²) in [5.74, 6) is -0.262. The Hall–Kier alpha value is -0.970. The number of hydrogen-bond donors (Lipinski definition) is 2. The number of benzene rings is 1. The van der Waals surface area contributed by atoms with E-state index in [2.05, 4.69) is 24.1 Å². The summed E-state index contributed by atoms with van der Waals surface area (Å²) in [4.78, 5) is 2.63. The Labute approximate surface area is 132 Å². The molecule has 4 atom stereocenters. The molecule has 1 aliphatic carbocycles. The second kappa shape index (κ2) is 6.65. The third-order valence-electron chi connectivity index (χ3n) is 4.99. The van der Waals surface area contributed by atoms with Crippen molar-refractivity contribution in [1.82, 2.24) is 10.2 Å². The first-order chi connectivity index (χ1) is 10.5. The summed E-state index contributed by atoms with van der Waals surface area (Å²) in [5, 5.41) is 13.9. The Kier molecular flexibility index (Phi) is 4.81. The molecule has 0 amide bonds. The first-order valence-electron chi connectivity index (χ1n) is 8.48. The minimum absolute atomic E-state index is 0.247. The van der Waals surface area contributed by atoms with Gasteiger partial charge in [-0.2, -0.15) is 0 Å². The standard InChI is InChI=1S/C18H27FN2O/c1-12(9-18(22)14-3-5-15(19)6-4-14)20-16-10-13(2)21(11-16)17-7-8-17/h3-6,12-13,16-18,20,22H,7-11H2,1-2H3. The van der Waals surface area contributed by atoms with Gasteiger partial charge in [0.25, 0.3) is 0 Å². The Balaban J connectivity index is 1.47. The topological polar surface area (TPSA) is 35.5 Å². The molecule has 1 aromatic carbocycles. The first kappa shape index (κ1) is 15.9. The molecule has 22 heavy (non-hydrogen) atoms. The number of aliphatic hydroxyl groups excluding tert-OH is 1. The van der Waals surface area contributed by atoms with Gasteiger partial charge in [0.05, 0.1) is 6.10 Å². The molecule has 0 bridgehead atoms. The maximum atomic E-state index is 12.9. The van der Waals surface area contributed by atoms with Gasteiger partial charge in [0.2, 0.25) is 0 Å². The van der Waals surface area contributed by atoms with Crippen LogP contribution in [0.1, 0.15) is 51.2 Å². The lowest BCUT2D eigenvalue weighted by atomic mass is 10.0. The molecule has 1 heterocycles. The number of halogens is 1. The second-order valence-corrected chi connectivity index (χ2v) is 7.08. The fourth-order valence-electron chi connectivity index (χ4n) is 3.72. The Bertz CT molecular complexity index is 488. The SMILES string of the molecule is CC(CC(O)c1ccc(F)cc1)NC1CC(C)N(C2CC2)C1. The van der Waals surface area contributed by atoms with E-state index < -0.39 is 6.10 Å². The van der Waals surface area contributed by atoms with Gasteiger partial charge in [-0.15, -0.1) is 0 Å². The van der Waals surface area contributed by atoms with Crippen molar-refractivity contribution in [3.05, 3.63) is 35.6 Å². The van der Waals surface area contributed by atoms with E-state index in [1.807, 2.05) is 0 Å². The minimum atomic E-state index is -0.540. The van der Waals surface area contributed by atoms with Crippen molar-refractivity contribution in [3.63, 3.8) is 0 Å².